The fraction of sp³-hybridized carbons (Fsp3) is 0.385. The Hall–Kier alpha value is -1.42. The van der Waals surface area contributed by atoms with Crippen molar-refractivity contribution in [3.63, 3.8) is 0 Å². The van der Waals surface area contributed by atoms with E-state index in [2.05, 4.69) is 24.3 Å². The van der Waals surface area contributed by atoms with Crippen molar-refractivity contribution < 1.29 is 4.79 Å². The molecule has 0 bridgehead atoms. The van der Waals surface area contributed by atoms with Crippen LogP contribution in [0.4, 0.5) is 0 Å². The summed E-state index contributed by atoms with van der Waals surface area (Å²) in [6.45, 7) is 5.20. The first-order valence-electron chi connectivity index (χ1n) is 5.73. The molecule has 0 aromatic carbocycles. The summed E-state index contributed by atoms with van der Waals surface area (Å²) >= 11 is 1.65. The van der Waals surface area contributed by atoms with Gasteiger partial charge in [-0.1, -0.05) is 13.8 Å². The molecule has 2 heterocycles. The first-order chi connectivity index (χ1) is 8.20. The average molecular weight is 248 g/mol. The number of rotatable bonds is 5. The zero-order valence-corrected chi connectivity index (χ0v) is 10.9. The van der Waals surface area contributed by atoms with Crippen molar-refractivity contribution in [1.82, 2.24) is 9.78 Å². The monoisotopic (exact) mass is 248 g/mol. The summed E-state index contributed by atoms with van der Waals surface area (Å²) in [5.41, 5.74) is 3.06. The zero-order chi connectivity index (χ0) is 12.3. The maximum atomic E-state index is 10.7. The van der Waals surface area contributed by atoms with Crippen molar-refractivity contribution >= 4 is 17.6 Å². The summed E-state index contributed by atoms with van der Waals surface area (Å²) in [6, 6.07) is 2.04. The maximum absolute atomic E-state index is 10.7. The Balaban J connectivity index is 2.35. The molecular weight excluding hydrogens is 232 g/mol. The van der Waals surface area contributed by atoms with Gasteiger partial charge in [-0.15, -0.1) is 0 Å². The van der Waals surface area contributed by atoms with Crippen LogP contribution in [-0.2, 0) is 17.8 Å². The van der Waals surface area contributed by atoms with Gasteiger partial charge in [-0.25, -0.2) is 0 Å². The quantitative estimate of drug-likeness (QED) is 0.762. The second-order valence-electron chi connectivity index (χ2n) is 4.50. The van der Waals surface area contributed by atoms with Crippen LogP contribution in [0.5, 0.6) is 0 Å². The highest BCUT2D eigenvalue weighted by molar-refractivity contribution is 7.08. The van der Waals surface area contributed by atoms with E-state index in [0.717, 1.165) is 29.7 Å². The van der Waals surface area contributed by atoms with E-state index in [-0.39, 0.29) is 0 Å². The van der Waals surface area contributed by atoms with Gasteiger partial charge in [0.15, 0.2) is 0 Å². The van der Waals surface area contributed by atoms with E-state index in [4.69, 9.17) is 0 Å². The molecule has 0 fully saturated rings. The Kier molecular flexibility index (Phi) is 3.74. The third-order valence-electron chi connectivity index (χ3n) is 2.49. The lowest BCUT2D eigenvalue weighted by Crippen LogP contribution is -2.04. The van der Waals surface area contributed by atoms with E-state index in [9.17, 15) is 4.79 Å². The third-order valence-corrected chi connectivity index (χ3v) is 3.17. The first-order valence-corrected chi connectivity index (χ1v) is 6.67. The lowest BCUT2D eigenvalue weighted by molar-refractivity contribution is -0.107. The topological polar surface area (TPSA) is 34.9 Å². The fourth-order valence-corrected chi connectivity index (χ4v) is 2.45. The van der Waals surface area contributed by atoms with Crippen molar-refractivity contribution in [3.05, 3.63) is 28.6 Å². The highest BCUT2D eigenvalue weighted by Crippen LogP contribution is 2.24. The number of aromatic nitrogens is 2. The molecule has 0 atom stereocenters. The van der Waals surface area contributed by atoms with Gasteiger partial charge in [-0.2, -0.15) is 16.4 Å². The summed E-state index contributed by atoms with van der Waals surface area (Å²) < 4.78 is 1.94. The number of nitrogens with zero attached hydrogens (tertiary/aromatic N) is 2. The van der Waals surface area contributed by atoms with Crippen molar-refractivity contribution in [3.8, 4) is 11.3 Å². The molecule has 0 saturated carbocycles. The highest BCUT2D eigenvalue weighted by Gasteiger charge is 2.11. The van der Waals surface area contributed by atoms with Gasteiger partial charge in [-0.3, -0.25) is 4.68 Å². The number of hydrogen-bond donors (Lipinski definition) is 0. The molecule has 17 heavy (non-hydrogen) atoms. The van der Waals surface area contributed by atoms with Crippen LogP contribution in [0.25, 0.3) is 11.3 Å². The molecule has 2 aromatic heterocycles. The van der Waals surface area contributed by atoms with Gasteiger partial charge in [0.05, 0.1) is 5.69 Å². The highest BCUT2D eigenvalue weighted by atomic mass is 32.1. The Labute approximate surface area is 105 Å². The van der Waals surface area contributed by atoms with E-state index in [0.29, 0.717) is 12.3 Å². The smallest absolute Gasteiger partial charge is 0.124 e. The molecule has 0 N–H and O–H groups in total. The molecule has 2 aromatic rings. The Morgan fingerprint density at radius 2 is 2.35 bits per heavy atom. The predicted octanol–water partition coefficient (Wildman–Crippen LogP) is 3.01. The summed E-state index contributed by atoms with van der Waals surface area (Å²) in [7, 11) is 0. The van der Waals surface area contributed by atoms with E-state index in [1.165, 1.54) is 0 Å². The van der Waals surface area contributed by atoms with E-state index >= 15 is 0 Å². The molecule has 0 aliphatic heterocycles. The normalized spacial score (nSPS) is 11.0. The van der Waals surface area contributed by atoms with Crippen LogP contribution in [0.1, 0.15) is 19.4 Å². The molecule has 0 amide bonds. The van der Waals surface area contributed by atoms with Crippen molar-refractivity contribution in [1.29, 1.82) is 0 Å². The van der Waals surface area contributed by atoms with Crippen LogP contribution in [0, 0.1) is 5.92 Å². The number of carbonyl (C=O) groups excluding carboxylic acids is 1. The maximum Gasteiger partial charge on any atom is 0.124 e. The van der Waals surface area contributed by atoms with Crippen molar-refractivity contribution in [2.45, 2.75) is 26.8 Å². The van der Waals surface area contributed by atoms with Gasteiger partial charge in [0, 0.05) is 35.7 Å². The number of aldehydes is 1. The van der Waals surface area contributed by atoms with Crippen LogP contribution in [0.15, 0.2) is 23.0 Å². The minimum absolute atomic E-state index is 0.434. The van der Waals surface area contributed by atoms with Crippen molar-refractivity contribution in [2.24, 2.45) is 5.92 Å². The molecule has 0 saturated heterocycles. The summed E-state index contributed by atoms with van der Waals surface area (Å²) in [5.74, 6) is 0.550. The lowest BCUT2D eigenvalue weighted by Gasteiger charge is -2.03. The second kappa shape index (κ2) is 5.27. The molecule has 0 unspecified atom stereocenters. The van der Waals surface area contributed by atoms with E-state index < -0.39 is 0 Å². The zero-order valence-electron chi connectivity index (χ0n) is 10.1. The Bertz CT molecular complexity index is 485. The first kappa shape index (κ1) is 12.0. The van der Waals surface area contributed by atoms with E-state index in [1.807, 2.05) is 22.3 Å². The summed E-state index contributed by atoms with van der Waals surface area (Å²) in [4.78, 5) is 10.7. The number of hydrogen-bond acceptors (Lipinski definition) is 3. The fourth-order valence-electron chi connectivity index (χ4n) is 1.81. The van der Waals surface area contributed by atoms with Crippen LogP contribution < -0.4 is 0 Å². The van der Waals surface area contributed by atoms with Gasteiger partial charge in [-0.05, 0) is 17.4 Å². The summed E-state index contributed by atoms with van der Waals surface area (Å²) in [5, 5.41) is 8.67. The lowest BCUT2D eigenvalue weighted by atomic mass is 10.1. The molecule has 0 aliphatic carbocycles. The SMILES string of the molecule is CC(C)Cn1cc(CC=O)c(-c2ccsc2)n1. The Morgan fingerprint density at radius 3 is 2.94 bits per heavy atom. The molecule has 2 rings (SSSR count). The van der Waals surface area contributed by atoms with Gasteiger partial charge in [0.1, 0.15) is 6.29 Å². The molecule has 3 nitrogen and oxygen atoms in total. The molecule has 4 heteroatoms. The molecule has 0 radical (unpaired) electrons. The average Bonchev–Trinajstić information content (AvgIpc) is 2.86. The minimum atomic E-state index is 0.434. The van der Waals surface area contributed by atoms with Gasteiger partial charge < -0.3 is 4.79 Å². The Morgan fingerprint density at radius 1 is 1.53 bits per heavy atom. The third kappa shape index (κ3) is 2.82. The second-order valence-corrected chi connectivity index (χ2v) is 5.28. The van der Waals surface area contributed by atoms with Gasteiger partial charge in [0.2, 0.25) is 0 Å². The number of carbonyl (C=O) groups is 1. The predicted molar refractivity (Wildman–Crippen MR) is 70.1 cm³/mol. The molecule has 0 spiro atoms. The van der Waals surface area contributed by atoms with Crippen LogP contribution in [-0.4, -0.2) is 16.1 Å². The largest absolute Gasteiger partial charge is 0.303 e. The van der Waals surface area contributed by atoms with Crippen LogP contribution in [0.3, 0.4) is 0 Å². The number of thiophene rings is 1. The summed E-state index contributed by atoms with van der Waals surface area (Å²) in [6.07, 6.45) is 3.36. The van der Waals surface area contributed by atoms with Crippen LogP contribution in [0.2, 0.25) is 0 Å². The molecular formula is C13H16N2OS. The van der Waals surface area contributed by atoms with Crippen molar-refractivity contribution in [2.75, 3.05) is 0 Å². The molecule has 0 aliphatic rings. The van der Waals surface area contributed by atoms with Crippen LogP contribution >= 0.6 is 11.3 Å². The molecule has 90 valence electrons. The van der Waals surface area contributed by atoms with E-state index in [1.54, 1.807) is 11.3 Å². The van der Waals surface area contributed by atoms with Gasteiger partial charge >= 0.3 is 0 Å². The van der Waals surface area contributed by atoms with Gasteiger partial charge in [0.25, 0.3) is 0 Å². The standard InChI is InChI=1S/C13H16N2OS/c1-10(2)7-15-8-11(3-5-16)13(14-15)12-4-6-17-9-12/h4-6,8-10H,3,7H2,1-2H3. The minimum Gasteiger partial charge on any atom is -0.303 e.